The van der Waals surface area contributed by atoms with E-state index in [1.165, 1.54) is 11.5 Å². The molecule has 0 unspecified atom stereocenters. The van der Waals surface area contributed by atoms with E-state index in [9.17, 15) is 0 Å². The summed E-state index contributed by atoms with van der Waals surface area (Å²) in [5.74, 6) is 1.17. The maximum Gasteiger partial charge on any atom is 0.261 e. The van der Waals surface area contributed by atoms with Crippen LogP contribution in [-0.2, 0) is 6.42 Å². The largest absolute Gasteiger partial charge is 0.420 e. The lowest BCUT2D eigenvalue weighted by atomic mass is 10.4. The first kappa shape index (κ1) is 12.1. The van der Waals surface area contributed by atoms with Crippen LogP contribution >= 0.6 is 11.5 Å². The molecule has 0 aromatic carbocycles. The van der Waals surface area contributed by atoms with E-state index in [1.807, 2.05) is 6.92 Å². The molecule has 0 aliphatic rings. The quantitative estimate of drug-likeness (QED) is 0.785. The molecule has 0 aliphatic heterocycles. The predicted octanol–water partition coefficient (Wildman–Crippen LogP) is 1.44. The van der Waals surface area contributed by atoms with Gasteiger partial charge < -0.3 is 9.73 Å². The van der Waals surface area contributed by atoms with Gasteiger partial charge in [-0.3, -0.25) is 0 Å². The molecule has 2 aromatic heterocycles. The van der Waals surface area contributed by atoms with Gasteiger partial charge in [0.2, 0.25) is 5.89 Å². The van der Waals surface area contributed by atoms with Crippen LogP contribution in [0.5, 0.6) is 0 Å². The highest BCUT2D eigenvalue weighted by Crippen LogP contribution is 2.23. The summed E-state index contributed by atoms with van der Waals surface area (Å²) < 4.78 is 9.40. The van der Waals surface area contributed by atoms with Gasteiger partial charge in [-0.25, -0.2) is 0 Å². The van der Waals surface area contributed by atoms with E-state index in [4.69, 9.17) is 4.42 Å². The highest BCUT2D eigenvalue weighted by atomic mass is 32.1. The first-order valence-electron chi connectivity index (χ1n) is 5.63. The summed E-state index contributed by atoms with van der Waals surface area (Å²) in [5.41, 5.74) is 0.828. The minimum absolute atomic E-state index is 0.517. The molecule has 92 valence electrons. The maximum absolute atomic E-state index is 5.56. The van der Waals surface area contributed by atoms with Crippen molar-refractivity contribution in [3.8, 4) is 10.8 Å². The Balaban J connectivity index is 1.95. The molecule has 2 aromatic rings. The normalized spacial score (nSPS) is 10.9. The molecule has 7 heteroatoms. The lowest BCUT2D eigenvalue weighted by molar-refractivity contribution is 0.495. The van der Waals surface area contributed by atoms with Crippen LogP contribution in [0.25, 0.3) is 10.8 Å². The van der Waals surface area contributed by atoms with Crippen LogP contribution in [-0.4, -0.2) is 32.9 Å². The van der Waals surface area contributed by atoms with Crippen molar-refractivity contribution < 1.29 is 4.42 Å². The molecular formula is C10H15N5OS. The van der Waals surface area contributed by atoms with Gasteiger partial charge >= 0.3 is 0 Å². The van der Waals surface area contributed by atoms with Gasteiger partial charge in [-0.2, -0.15) is 0 Å². The first-order valence-corrected chi connectivity index (χ1v) is 6.41. The number of nitrogens with zero attached hydrogens (tertiary/aromatic N) is 4. The van der Waals surface area contributed by atoms with Gasteiger partial charge in [-0.15, -0.1) is 15.3 Å². The lowest BCUT2D eigenvalue weighted by Crippen LogP contribution is -2.17. The smallest absolute Gasteiger partial charge is 0.261 e. The van der Waals surface area contributed by atoms with Gasteiger partial charge in [0.05, 0.1) is 5.69 Å². The average Bonchev–Trinajstić information content (AvgIpc) is 2.93. The molecule has 6 nitrogen and oxygen atoms in total. The molecule has 0 spiro atoms. The van der Waals surface area contributed by atoms with E-state index in [0.29, 0.717) is 11.8 Å². The molecule has 0 radical (unpaired) electrons. The number of hydrogen-bond donors (Lipinski definition) is 1. The highest BCUT2D eigenvalue weighted by Gasteiger charge is 2.13. The van der Waals surface area contributed by atoms with Gasteiger partial charge in [-0.05, 0) is 31.4 Å². The summed E-state index contributed by atoms with van der Waals surface area (Å²) in [7, 11) is 0. The number of aromatic nitrogens is 4. The van der Waals surface area contributed by atoms with E-state index in [2.05, 4.69) is 32.0 Å². The van der Waals surface area contributed by atoms with Crippen molar-refractivity contribution in [2.24, 2.45) is 0 Å². The maximum atomic E-state index is 5.56. The molecule has 0 fully saturated rings. The van der Waals surface area contributed by atoms with E-state index < -0.39 is 0 Å². The number of rotatable bonds is 6. The van der Waals surface area contributed by atoms with Crippen LogP contribution in [0.3, 0.4) is 0 Å². The third kappa shape index (κ3) is 3.07. The standard InChI is InChI=1S/C10H15N5OS/c1-3-5-11-6-4-8-13-14-10(16-8)9-7(2)12-15-17-9/h11H,3-6H2,1-2H3. The molecule has 1 N–H and O–H groups in total. The first-order chi connectivity index (χ1) is 8.31. The van der Waals surface area contributed by atoms with Crippen molar-refractivity contribution in [2.75, 3.05) is 13.1 Å². The fourth-order valence-electron chi connectivity index (χ4n) is 1.37. The van der Waals surface area contributed by atoms with Gasteiger partial charge in [0, 0.05) is 13.0 Å². The molecular weight excluding hydrogens is 238 g/mol. The Labute approximate surface area is 104 Å². The topological polar surface area (TPSA) is 76.7 Å². The van der Waals surface area contributed by atoms with Crippen LogP contribution in [0.15, 0.2) is 4.42 Å². The summed E-state index contributed by atoms with van der Waals surface area (Å²) in [4.78, 5) is 0.852. The Morgan fingerprint density at radius 2 is 2.12 bits per heavy atom. The average molecular weight is 253 g/mol. The lowest BCUT2D eigenvalue weighted by Gasteiger charge is -1.98. The van der Waals surface area contributed by atoms with Crippen LogP contribution in [0.4, 0.5) is 0 Å². The SMILES string of the molecule is CCCNCCc1nnc(-c2snnc2C)o1. The Hall–Kier alpha value is -1.34. The van der Waals surface area contributed by atoms with Crippen molar-refractivity contribution in [3.63, 3.8) is 0 Å². The van der Waals surface area contributed by atoms with Crippen LogP contribution < -0.4 is 5.32 Å². The van der Waals surface area contributed by atoms with Crippen LogP contribution in [0, 0.1) is 6.92 Å². The molecule has 0 saturated carbocycles. The summed E-state index contributed by atoms with van der Waals surface area (Å²) in [6.07, 6.45) is 1.87. The molecule has 2 heterocycles. The molecule has 2 rings (SSSR count). The second-order valence-electron chi connectivity index (χ2n) is 3.69. The summed E-state index contributed by atoms with van der Waals surface area (Å²) in [6, 6.07) is 0. The molecule has 0 atom stereocenters. The summed E-state index contributed by atoms with van der Waals surface area (Å²) in [6.45, 7) is 5.89. The Bertz CT molecular complexity index is 467. The van der Waals surface area contributed by atoms with Crippen molar-refractivity contribution in [2.45, 2.75) is 26.7 Å². The van der Waals surface area contributed by atoms with Crippen LogP contribution in [0.1, 0.15) is 24.9 Å². The number of nitrogens with one attached hydrogen (secondary N) is 1. The van der Waals surface area contributed by atoms with E-state index in [1.54, 1.807) is 0 Å². The zero-order valence-electron chi connectivity index (χ0n) is 9.93. The van der Waals surface area contributed by atoms with Crippen LogP contribution in [0.2, 0.25) is 0 Å². The van der Waals surface area contributed by atoms with Gasteiger partial charge in [0.15, 0.2) is 0 Å². The monoisotopic (exact) mass is 253 g/mol. The van der Waals surface area contributed by atoms with Crippen molar-refractivity contribution >= 4 is 11.5 Å². The van der Waals surface area contributed by atoms with Crippen molar-refractivity contribution in [1.82, 2.24) is 25.1 Å². The summed E-state index contributed by atoms with van der Waals surface area (Å²) >= 11 is 1.27. The minimum atomic E-state index is 0.517. The zero-order chi connectivity index (χ0) is 12.1. The Morgan fingerprint density at radius 3 is 2.82 bits per heavy atom. The Morgan fingerprint density at radius 1 is 1.24 bits per heavy atom. The fraction of sp³-hybridized carbons (Fsp3) is 0.600. The molecule has 0 aliphatic carbocycles. The van der Waals surface area contributed by atoms with E-state index in [0.717, 1.165) is 36.5 Å². The van der Waals surface area contributed by atoms with E-state index >= 15 is 0 Å². The fourth-order valence-corrected chi connectivity index (χ4v) is 1.95. The molecule has 0 bridgehead atoms. The van der Waals surface area contributed by atoms with Gasteiger partial charge in [-0.1, -0.05) is 11.4 Å². The second-order valence-corrected chi connectivity index (χ2v) is 4.44. The minimum Gasteiger partial charge on any atom is -0.420 e. The van der Waals surface area contributed by atoms with E-state index in [-0.39, 0.29) is 0 Å². The van der Waals surface area contributed by atoms with Crippen molar-refractivity contribution in [1.29, 1.82) is 0 Å². The molecule has 17 heavy (non-hydrogen) atoms. The highest BCUT2D eigenvalue weighted by molar-refractivity contribution is 7.09. The van der Waals surface area contributed by atoms with Gasteiger partial charge in [0.25, 0.3) is 5.89 Å². The third-order valence-electron chi connectivity index (χ3n) is 2.26. The molecule has 0 amide bonds. The zero-order valence-corrected chi connectivity index (χ0v) is 10.8. The second kappa shape index (κ2) is 5.83. The predicted molar refractivity (Wildman–Crippen MR) is 64.8 cm³/mol. The van der Waals surface area contributed by atoms with Gasteiger partial charge in [0.1, 0.15) is 4.88 Å². The molecule has 0 saturated heterocycles. The third-order valence-corrected chi connectivity index (χ3v) is 3.07. The Kier molecular flexibility index (Phi) is 4.16. The summed E-state index contributed by atoms with van der Waals surface area (Å²) in [5, 5.41) is 15.2. The van der Waals surface area contributed by atoms with Crippen molar-refractivity contribution in [3.05, 3.63) is 11.6 Å². The number of aryl methyl sites for hydroxylation is 1. The number of hydrogen-bond acceptors (Lipinski definition) is 7.